The first kappa shape index (κ1) is 21.8. The molecule has 28 heavy (non-hydrogen) atoms. The number of piperidine rings is 1. The SMILES string of the molecule is O=S(=O)(NCC(O)CN1CCC(Oc2ccc(Cl)c(Cl)c2)CC1)c1cccs1. The van der Waals surface area contributed by atoms with Crippen molar-refractivity contribution in [2.45, 2.75) is 29.3 Å². The van der Waals surface area contributed by atoms with E-state index in [4.69, 9.17) is 27.9 Å². The average molecular weight is 465 g/mol. The van der Waals surface area contributed by atoms with Crippen LogP contribution in [0.25, 0.3) is 0 Å². The smallest absolute Gasteiger partial charge is 0.250 e. The van der Waals surface area contributed by atoms with Gasteiger partial charge in [-0.25, -0.2) is 13.1 Å². The van der Waals surface area contributed by atoms with Crippen molar-refractivity contribution in [3.63, 3.8) is 0 Å². The van der Waals surface area contributed by atoms with Gasteiger partial charge in [0.2, 0.25) is 10.0 Å². The van der Waals surface area contributed by atoms with E-state index in [2.05, 4.69) is 9.62 Å². The summed E-state index contributed by atoms with van der Waals surface area (Å²) < 4.78 is 32.8. The van der Waals surface area contributed by atoms with Crippen LogP contribution in [-0.2, 0) is 10.0 Å². The molecule has 1 aliphatic rings. The minimum atomic E-state index is -3.55. The number of sulfonamides is 1. The van der Waals surface area contributed by atoms with Gasteiger partial charge in [0, 0.05) is 32.2 Å². The highest BCUT2D eigenvalue weighted by molar-refractivity contribution is 7.91. The molecule has 10 heteroatoms. The molecular weight excluding hydrogens is 443 g/mol. The Labute approximate surface area is 179 Å². The number of aliphatic hydroxyl groups is 1. The lowest BCUT2D eigenvalue weighted by Crippen LogP contribution is -2.44. The number of likely N-dealkylation sites (tertiary alicyclic amines) is 1. The van der Waals surface area contributed by atoms with Gasteiger partial charge in [0.15, 0.2) is 0 Å². The molecule has 0 radical (unpaired) electrons. The standard InChI is InChI=1S/C18H22Cl2N2O4S2/c19-16-4-3-15(10-17(16)20)26-14-5-7-22(8-6-14)12-13(23)11-21-28(24,25)18-2-1-9-27-18/h1-4,9-10,13-14,21,23H,5-8,11-12H2. The Morgan fingerprint density at radius 3 is 2.64 bits per heavy atom. The Hall–Kier alpha value is -0.870. The highest BCUT2D eigenvalue weighted by Crippen LogP contribution is 2.28. The maximum absolute atomic E-state index is 12.1. The molecule has 0 bridgehead atoms. The van der Waals surface area contributed by atoms with Crippen LogP contribution < -0.4 is 9.46 Å². The summed E-state index contributed by atoms with van der Waals surface area (Å²) in [6, 6.07) is 8.43. The van der Waals surface area contributed by atoms with Crippen molar-refractivity contribution in [1.82, 2.24) is 9.62 Å². The van der Waals surface area contributed by atoms with Crippen LogP contribution in [0, 0.1) is 0 Å². The fourth-order valence-electron chi connectivity index (χ4n) is 3.01. The van der Waals surface area contributed by atoms with Crippen LogP contribution in [-0.4, -0.2) is 56.8 Å². The normalized spacial score (nSPS) is 17.5. The molecule has 2 N–H and O–H groups in total. The number of hydrogen-bond donors (Lipinski definition) is 2. The van der Waals surface area contributed by atoms with Gasteiger partial charge in [-0.15, -0.1) is 11.3 Å². The molecule has 1 aromatic heterocycles. The van der Waals surface area contributed by atoms with Crippen LogP contribution in [0.5, 0.6) is 5.75 Å². The summed E-state index contributed by atoms with van der Waals surface area (Å²) in [4.78, 5) is 2.11. The lowest BCUT2D eigenvalue weighted by Gasteiger charge is -2.33. The maximum Gasteiger partial charge on any atom is 0.250 e. The highest BCUT2D eigenvalue weighted by Gasteiger charge is 2.23. The fourth-order valence-corrected chi connectivity index (χ4v) is 5.41. The minimum Gasteiger partial charge on any atom is -0.490 e. The van der Waals surface area contributed by atoms with E-state index in [0.29, 0.717) is 22.3 Å². The van der Waals surface area contributed by atoms with Crippen LogP contribution >= 0.6 is 34.5 Å². The van der Waals surface area contributed by atoms with E-state index in [-0.39, 0.29) is 16.9 Å². The Morgan fingerprint density at radius 2 is 2.00 bits per heavy atom. The van der Waals surface area contributed by atoms with Crippen molar-refractivity contribution in [1.29, 1.82) is 0 Å². The number of nitrogens with one attached hydrogen (secondary N) is 1. The number of hydrogen-bond acceptors (Lipinski definition) is 6. The molecule has 1 aliphatic heterocycles. The molecule has 1 unspecified atom stereocenters. The summed E-state index contributed by atoms with van der Waals surface area (Å²) in [5, 5.41) is 12.9. The number of nitrogens with zero attached hydrogens (tertiary/aromatic N) is 1. The van der Waals surface area contributed by atoms with E-state index in [1.54, 1.807) is 29.6 Å². The summed E-state index contributed by atoms with van der Waals surface area (Å²) in [5.41, 5.74) is 0. The Bertz CT molecular complexity index is 870. The molecule has 154 valence electrons. The molecule has 3 rings (SSSR count). The zero-order valence-corrected chi connectivity index (χ0v) is 18.2. The van der Waals surface area contributed by atoms with Crippen molar-refractivity contribution in [2.75, 3.05) is 26.2 Å². The van der Waals surface area contributed by atoms with Crippen molar-refractivity contribution in [3.8, 4) is 5.75 Å². The molecule has 0 amide bonds. The Balaban J connectivity index is 1.40. The second kappa shape index (κ2) is 9.75. The summed E-state index contributed by atoms with van der Waals surface area (Å²) in [6.45, 7) is 1.92. The number of thiophene rings is 1. The summed E-state index contributed by atoms with van der Waals surface area (Å²) in [5.74, 6) is 0.691. The van der Waals surface area contributed by atoms with Gasteiger partial charge in [-0.2, -0.15) is 0 Å². The molecule has 2 heterocycles. The Kier molecular flexibility index (Phi) is 7.60. The van der Waals surface area contributed by atoms with Crippen LogP contribution in [0.15, 0.2) is 39.9 Å². The fraction of sp³-hybridized carbons (Fsp3) is 0.444. The van der Waals surface area contributed by atoms with E-state index in [9.17, 15) is 13.5 Å². The van der Waals surface area contributed by atoms with Crippen molar-refractivity contribution in [3.05, 3.63) is 45.8 Å². The number of benzene rings is 1. The van der Waals surface area contributed by atoms with Crippen LogP contribution in [0.2, 0.25) is 10.0 Å². The third-order valence-electron chi connectivity index (χ3n) is 4.47. The number of β-amino-alcohol motifs (C(OH)–C–C–N with tert-alkyl or cyclic N) is 1. The lowest BCUT2D eigenvalue weighted by molar-refractivity contribution is 0.0630. The zero-order valence-electron chi connectivity index (χ0n) is 15.1. The summed E-state index contributed by atoms with van der Waals surface area (Å²) >= 11 is 13.1. The third-order valence-corrected chi connectivity index (χ3v) is 8.03. The van der Waals surface area contributed by atoms with Gasteiger partial charge in [-0.3, -0.25) is 0 Å². The van der Waals surface area contributed by atoms with E-state index in [0.717, 1.165) is 37.3 Å². The summed E-state index contributed by atoms with van der Waals surface area (Å²) in [7, 11) is -3.55. The maximum atomic E-state index is 12.1. The first-order valence-corrected chi connectivity index (χ1v) is 12.0. The average Bonchev–Trinajstić information content (AvgIpc) is 3.21. The number of rotatable bonds is 8. The van der Waals surface area contributed by atoms with E-state index in [1.807, 2.05) is 0 Å². The molecule has 1 aromatic carbocycles. The van der Waals surface area contributed by atoms with Gasteiger partial charge in [-0.1, -0.05) is 29.3 Å². The lowest BCUT2D eigenvalue weighted by atomic mass is 10.1. The molecule has 6 nitrogen and oxygen atoms in total. The molecule has 0 saturated carbocycles. The van der Waals surface area contributed by atoms with Crippen molar-refractivity contribution < 1.29 is 18.3 Å². The van der Waals surface area contributed by atoms with Gasteiger partial charge in [0.1, 0.15) is 16.1 Å². The monoisotopic (exact) mass is 464 g/mol. The first-order valence-electron chi connectivity index (χ1n) is 8.89. The van der Waals surface area contributed by atoms with Crippen molar-refractivity contribution in [2.24, 2.45) is 0 Å². The summed E-state index contributed by atoms with van der Waals surface area (Å²) in [6.07, 6.45) is 0.923. The topological polar surface area (TPSA) is 78.9 Å². The second-order valence-electron chi connectivity index (χ2n) is 6.63. The third kappa shape index (κ3) is 6.06. The number of halogens is 2. The predicted octanol–water partition coefficient (Wildman–Crippen LogP) is 3.24. The molecule has 0 spiro atoms. The Morgan fingerprint density at radius 1 is 1.25 bits per heavy atom. The molecule has 2 aromatic rings. The van der Waals surface area contributed by atoms with Gasteiger partial charge >= 0.3 is 0 Å². The van der Waals surface area contributed by atoms with Gasteiger partial charge in [-0.05, 0) is 36.4 Å². The number of aliphatic hydroxyl groups excluding tert-OH is 1. The van der Waals surface area contributed by atoms with Gasteiger partial charge in [0.05, 0.1) is 16.1 Å². The van der Waals surface area contributed by atoms with Crippen molar-refractivity contribution >= 4 is 44.6 Å². The van der Waals surface area contributed by atoms with E-state index < -0.39 is 16.1 Å². The molecule has 1 saturated heterocycles. The van der Waals surface area contributed by atoms with Gasteiger partial charge in [0.25, 0.3) is 0 Å². The van der Waals surface area contributed by atoms with E-state index >= 15 is 0 Å². The van der Waals surface area contributed by atoms with E-state index in [1.165, 1.54) is 6.07 Å². The van der Waals surface area contributed by atoms with Gasteiger partial charge < -0.3 is 14.7 Å². The second-order valence-corrected chi connectivity index (χ2v) is 10.4. The molecule has 1 fully saturated rings. The van der Waals surface area contributed by atoms with Crippen LogP contribution in [0.3, 0.4) is 0 Å². The number of ether oxygens (including phenoxy) is 1. The molecular formula is C18H22Cl2N2O4S2. The van der Waals surface area contributed by atoms with Crippen LogP contribution in [0.1, 0.15) is 12.8 Å². The quantitative estimate of drug-likeness (QED) is 0.626. The molecule has 0 aliphatic carbocycles. The zero-order chi connectivity index (χ0) is 20.1. The minimum absolute atomic E-state index is 0.0140. The first-order chi connectivity index (χ1) is 13.3. The highest BCUT2D eigenvalue weighted by atomic mass is 35.5. The van der Waals surface area contributed by atoms with Crippen LogP contribution in [0.4, 0.5) is 0 Å². The largest absolute Gasteiger partial charge is 0.490 e. The predicted molar refractivity (Wildman–Crippen MR) is 112 cm³/mol. The molecule has 1 atom stereocenters.